The van der Waals surface area contributed by atoms with Crippen LogP contribution < -0.4 is 4.74 Å². The standard InChI is InChI=1S/C19H20N2O/c1-21(2)13-18-19(14-7-5-4-6-8-14)17-11-16(22-3)10-9-15(17)12-20-18/h4-12H,13H2,1-3H3. The molecule has 3 aromatic rings. The Balaban J connectivity index is 2.30. The largest absolute Gasteiger partial charge is 0.497 e. The van der Waals surface area contributed by atoms with E-state index in [1.54, 1.807) is 7.11 Å². The van der Waals surface area contributed by atoms with Gasteiger partial charge in [-0.05, 0) is 43.2 Å². The fourth-order valence-electron chi connectivity index (χ4n) is 2.71. The molecule has 0 fully saturated rings. The van der Waals surface area contributed by atoms with Gasteiger partial charge in [0.25, 0.3) is 0 Å². The quantitative estimate of drug-likeness (QED) is 0.727. The second-order valence-corrected chi connectivity index (χ2v) is 5.64. The molecule has 0 aliphatic carbocycles. The van der Waals surface area contributed by atoms with Crippen LogP contribution in [0, 0.1) is 0 Å². The molecule has 0 unspecified atom stereocenters. The Morgan fingerprint density at radius 1 is 1.05 bits per heavy atom. The number of hydrogen-bond acceptors (Lipinski definition) is 3. The van der Waals surface area contributed by atoms with Crippen LogP contribution in [-0.2, 0) is 6.54 Å². The van der Waals surface area contributed by atoms with Crippen molar-refractivity contribution in [3.8, 4) is 16.9 Å². The summed E-state index contributed by atoms with van der Waals surface area (Å²) in [6.07, 6.45) is 1.94. The molecule has 22 heavy (non-hydrogen) atoms. The molecular formula is C19H20N2O. The van der Waals surface area contributed by atoms with Crippen LogP contribution in [0.1, 0.15) is 5.69 Å². The summed E-state index contributed by atoms with van der Waals surface area (Å²) in [4.78, 5) is 6.84. The summed E-state index contributed by atoms with van der Waals surface area (Å²) in [6, 6.07) is 16.6. The molecule has 0 aliphatic rings. The second kappa shape index (κ2) is 6.16. The number of rotatable bonds is 4. The summed E-state index contributed by atoms with van der Waals surface area (Å²) in [5.41, 5.74) is 3.45. The normalized spacial score (nSPS) is 11.1. The first-order valence-electron chi connectivity index (χ1n) is 7.35. The highest BCUT2D eigenvalue weighted by Crippen LogP contribution is 2.33. The predicted octanol–water partition coefficient (Wildman–Crippen LogP) is 3.97. The van der Waals surface area contributed by atoms with Gasteiger partial charge in [-0.25, -0.2) is 0 Å². The number of hydrogen-bond donors (Lipinski definition) is 0. The third-order valence-corrected chi connectivity index (χ3v) is 3.71. The average molecular weight is 292 g/mol. The molecular weight excluding hydrogens is 272 g/mol. The average Bonchev–Trinajstić information content (AvgIpc) is 2.54. The van der Waals surface area contributed by atoms with Gasteiger partial charge in [0, 0.05) is 23.7 Å². The molecule has 0 N–H and O–H groups in total. The van der Waals surface area contributed by atoms with Crippen LogP contribution in [-0.4, -0.2) is 31.1 Å². The van der Waals surface area contributed by atoms with Gasteiger partial charge in [0.15, 0.2) is 0 Å². The molecule has 0 bridgehead atoms. The molecule has 3 heteroatoms. The number of aromatic nitrogens is 1. The second-order valence-electron chi connectivity index (χ2n) is 5.64. The monoisotopic (exact) mass is 292 g/mol. The number of nitrogens with zero attached hydrogens (tertiary/aromatic N) is 2. The Hall–Kier alpha value is -2.39. The van der Waals surface area contributed by atoms with E-state index < -0.39 is 0 Å². The van der Waals surface area contributed by atoms with E-state index in [1.807, 2.05) is 18.3 Å². The minimum Gasteiger partial charge on any atom is -0.497 e. The SMILES string of the molecule is COc1ccc2cnc(CN(C)C)c(-c3ccccc3)c2c1. The summed E-state index contributed by atoms with van der Waals surface area (Å²) in [6.45, 7) is 0.803. The lowest BCUT2D eigenvalue weighted by Gasteiger charge is -2.16. The van der Waals surface area contributed by atoms with E-state index in [1.165, 1.54) is 16.5 Å². The summed E-state index contributed by atoms with van der Waals surface area (Å²) >= 11 is 0. The van der Waals surface area contributed by atoms with Gasteiger partial charge in [0.05, 0.1) is 12.8 Å². The molecule has 0 atom stereocenters. The third-order valence-electron chi connectivity index (χ3n) is 3.71. The predicted molar refractivity (Wildman–Crippen MR) is 91.1 cm³/mol. The molecule has 0 radical (unpaired) electrons. The van der Waals surface area contributed by atoms with E-state index in [-0.39, 0.29) is 0 Å². The van der Waals surface area contributed by atoms with Crippen LogP contribution in [0.5, 0.6) is 5.75 Å². The van der Waals surface area contributed by atoms with Crippen LogP contribution in [0.4, 0.5) is 0 Å². The highest BCUT2D eigenvalue weighted by atomic mass is 16.5. The molecule has 0 spiro atoms. The van der Waals surface area contributed by atoms with E-state index in [9.17, 15) is 0 Å². The van der Waals surface area contributed by atoms with Crippen molar-refractivity contribution in [3.63, 3.8) is 0 Å². The molecule has 1 heterocycles. The van der Waals surface area contributed by atoms with E-state index in [2.05, 4.69) is 55.4 Å². The first-order valence-corrected chi connectivity index (χ1v) is 7.35. The van der Waals surface area contributed by atoms with Crippen molar-refractivity contribution >= 4 is 10.8 Å². The Morgan fingerprint density at radius 3 is 2.50 bits per heavy atom. The van der Waals surface area contributed by atoms with Gasteiger partial charge < -0.3 is 9.64 Å². The summed E-state index contributed by atoms with van der Waals surface area (Å²) < 4.78 is 5.40. The zero-order valence-electron chi connectivity index (χ0n) is 13.2. The highest BCUT2D eigenvalue weighted by molar-refractivity contribution is 5.98. The fraction of sp³-hybridized carbons (Fsp3) is 0.211. The van der Waals surface area contributed by atoms with E-state index >= 15 is 0 Å². The van der Waals surface area contributed by atoms with Crippen LogP contribution in [0.15, 0.2) is 54.7 Å². The minimum absolute atomic E-state index is 0.803. The molecule has 1 aromatic heterocycles. The number of benzene rings is 2. The van der Waals surface area contributed by atoms with Crippen LogP contribution >= 0.6 is 0 Å². The Bertz CT molecular complexity index is 782. The van der Waals surface area contributed by atoms with Crippen molar-refractivity contribution in [3.05, 3.63) is 60.4 Å². The Morgan fingerprint density at radius 2 is 1.82 bits per heavy atom. The molecule has 3 nitrogen and oxygen atoms in total. The van der Waals surface area contributed by atoms with Crippen LogP contribution in [0.25, 0.3) is 21.9 Å². The lowest BCUT2D eigenvalue weighted by molar-refractivity contribution is 0.397. The number of methoxy groups -OCH3 is 1. The van der Waals surface area contributed by atoms with Crippen molar-refractivity contribution < 1.29 is 4.74 Å². The van der Waals surface area contributed by atoms with Crippen molar-refractivity contribution in [2.24, 2.45) is 0 Å². The number of ether oxygens (including phenoxy) is 1. The van der Waals surface area contributed by atoms with Gasteiger partial charge in [-0.2, -0.15) is 0 Å². The maximum atomic E-state index is 5.40. The van der Waals surface area contributed by atoms with Gasteiger partial charge in [-0.3, -0.25) is 4.98 Å². The zero-order valence-corrected chi connectivity index (χ0v) is 13.2. The van der Waals surface area contributed by atoms with Gasteiger partial charge in [-0.15, -0.1) is 0 Å². The molecule has 2 aromatic carbocycles. The maximum Gasteiger partial charge on any atom is 0.119 e. The lowest BCUT2D eigenvalue weighted by atomic mass is 9.97. The van der Waals surface area contributed by atoms with Crippen molar-refractivity contribution in [1.82, 2.24) is 9.88 Å². The van der Waals surface area contributed by atoms with Crippen molar-refractivity contribution in [1.29, 1.82) is 0 Å². The van der Waals surface area contributed by atoms with Gasteiger partial charge in [-0.1, -0.05) is 30.3 Å². The molecule has 0 saturated heterocycles. The van der Waals surface area contributed by atoms with E-state index in [4.69, 9.17) is 9.72 Å². The Kier molecular flexibility index (Phi) is 4.07. The van der Waals surface area contributed by atoms with Gasteiger partial charge in [0.2, 0.25) is 0 Å². The third kappa shape index (κ3) is 2.81. The molecule has 0 amide bonds. The van der Waals surface area contributed by atoms with Crippen molar-refractivity contribution in [2.75, 3.05) is 21.2 Å². The lowest BCUT2D eigenvalue weighted by Crippen LogP contribution is -2.13. The molecule has 3 rings (SSSR count). The van der Waals surface area contributed by atoms with E-state index in [0.717, 1.165) is 23.4 Å². The number of pyridine rings is 1. The first kappa shape index (κ1) is 14.5. The van der Waals surface area contributed by atoms with Crippen LogP contribution in [0.3, 0.4) is 0 Å². The van der Waals surface area contributed by atoms with Gasteiger partial charge in [0.1, 0.15) is 5.75 Å². The molecule has 0 saturated carbocycles. The van der Waals surface area contributed by atoms with Gasteiger partial charge >= 0.3 is 0 Å². The number of fused-ring (bicyclic) bond motifs is 1. The highest BCUT2D eigenvalue weighted by Gasteiger charge is 2.13. The smallest absolute Gasteiger partial charge is 0.119 e. The van der Waals surface area contributed by atoms with E-state index in [0.29, 0.717) is 0 Å². The first-order chi connectivity index (χ1) is 10.7. The fourth-order valence-corrected chi connectivity index (χ4v) is 2.71. The maximum absolute atomic E-state index is 5.40. The summed E-state index contributed by atoms with van der Waals surface area (Å²) in [7, 11) is 5.82. The summed E-state index contributed by atoms with van der Waals surface area (Å²) in [5, 5.41) is 2.31. The molecule has 112 valence electrons. The van der Waals surface area contributed by atoms with Crippen molar-refractivity contribution in [2.45, 2.75) is 6.54 Å². The van der Waals surface area contributed by atoms with Crippen LogP contribution in [0.2, 0.25) is 0 Å². The zero-order chi connectivity index (χ0) is 15.5. The molecule has 0 aliphatic heterocycles. The Labute approximate surface area is 131 Å². The topological polar surface area (TPSA) is 25.4 Å². The minimum atomic E-state index is 0.803. The summed E-state index contributed by atoms with van der Waals surface area (Å²) in [5.74, 6) is 0.867.